The highest BCUT2D eigenvalue weighted by atomic mass is 15.1. The number of rotatable bonds is 5. The highest BCUT2D eigenvalue weighted by Crippen LogP contribution is 2.35. The summed E-state index contributed by atoms with van der Waals surface area (Å²) in [6, 6.07) is 34.7. The monoisotopic (exact) mass is 420 g/mol. The summed E-state index contributed by atoms with van der Waals surface area (Å²) >= 11 is 0. The van der Waals surface area contributed by atoms with Crippen molar-refractivity contribution in [2.75, 3.05) is 10.2 Å². The molecule has 4 rings (SSSR count). The molecular formula is C30H32N2. The Morgan fingerprint density at radius 1 is 0.500 bits per heavy atom. The molecule has 0 saturated heterocycles. The Balaban J connectivity index is 1.60. The van der Waals surface area contributed by atoms with E-state index >= 15 is 0 Å². The molecule has 0 aromatic heterocycles. The molecule has 0 radical (unpaired) electrons. The van der Waals surface area contributed by atoms with Crippen molar-refractivity contribution in [3.63, 3.8) is 0 Å². The fourth-order valence-corrected chi connectivity index (χ4v) is 3.75. The SMILES string of the molecule is Cc1ccc(N(c2ccc(C)cc2)c2ccc(Nc3ccc(C(C)(C)C)cc3)cc2)cc1. The molecule has 0 aliphatic heterocycles. The highest BCUT2D eigenvalue weighted by Gasteiger charge is 2.14. The summed E-state index contributed by atoms with van der Waals surface area (Å²) < 4.78 is 0. The van der Waals surface area contributed by atoms with Gasteiger partial charge in [0.25, 0.3) is 0 Å². The van der Waals surface area contributed by atoms with Gasteiger partial charge in [-0.25, -0.2) is 0 Å². The van der Waals surface area contributed by atoms with Crippen LogP contribution in [0.5, 0.6) is 0 Å². The van der Waals surface area contributed by atoms with E-state index in [1.54, 1.807) is 0 Å². The molecule has 0 aliphatic carbocycles. The van der Waals surface area contributed by atoms with Crippen LogP contribution in [0.1, 0.15) is 37.5 Å². The van der Waals surface area contributed by atoms with Crippen molar-refractivity contribution < 1.29 is 0 Å². The number of aryl methyl sites for hydroxylation is 2. The van der Waals surface area contributed by atoms with Crippen molar-refractivity contribution in [1.82, 2.24) is 0 Å². The van der Waals surface area contributed by atoms with Crippen LogP contribution in [0.3, 0.4) is 0 Å². The molecule has 0 unspecified atom stereocenters. The van der Waals surface area contributed by atoms with Crippen molar-refractivity contribution in [3.8, 4) is 0 Å². The largest absolute Gasteiger partial charge is 0.356 e. The predicted octanol–water partition coefficient (Wildman–Crippen LogP) is 8.81. The van der Waals surface area contributed by atoms with Gasteiger partial charge in [0.2, 0.25) is 0 Å². The van der Waals surface area contributed by atoms with Crippen LogP contribution in [0.4, 0.5) is 28.4 Å². The summed E-state index contributed by atoms with van der Waals surface area (Å²) in [5, 5.41) is 3.52. The first-order chi connectivity index (χ1) is 15.3. The van der Waals surface area contributed by atoms with Crippen molar-refractivity contribution in [1.29, 1.82) is 0 Å². The van der Waals surface area contributed by atoms with Crippen molar-refractivity contribution in [2.45, 2.75) is 40.0 Å². The van der Waals surface area contributed by atoms with E-state index in [1.165, 1.54) is 16.7 Å². The lowest BCUT2D eigenvalue weighted by Gasteiger charge is -2.26. The first-order valence-electron chi connectivity index (χ1n) is 11.2. The topological polar surface area (TPSA) is 15.3 Å². The van der Waals surface area contributed by atoms with Gasteiger partial charge in [0.15, 0.2) is 0 Å². The molecule has 4 aromatic carbocycles. The van der Waals surface area contributed by atoms with Crippen LogP contribution in [-0.4, -0.2) is 0 Å². The third-order valence-electron chi connectivity index (χ3n) is 5.75. The predicted molar refractivity (Wildman–Crippen MR) is 139 cm³/mol. The van der Waals surface area contributed by atoms with E-state index < -0.39 is 0 Å². The number of hydrogen-bond acceptors (Lipinski definition) is 2. The van der Waals surface area contributed by atoms with Crippen molar-refractivity contribution in [3.05, 3.63) is 114 Å². The Kier molecular flexibility index (Phi) is 6.05. The molecule has 0 heterocycles. The quantitative estimate of drug-likeness (QED) is 0.347. The van der Waals surface area contributed by atoms with E-state index in [1.807, 2.05) is 0 Å². The number of anilines is 5. The van der Waals surface area contributed by atoms with E-state index in [0.717, 1.165) is 28.4 Å². The van der Waals surface area contributed by atoms with E-state index in [2.05, 4.69) is 142 Å². The van der Waals surface area contributed by atoms with E-state index in [9.17, 15) is 0 Å². The van der Waals surface area contributed by atoms with Gasteiger partial charge >= 0.3 is 0 Å². The van der Waals surface area contributed by atoms with Crippen LogP contribution in [0.25, 0.3) is 0 Å². The molecule has 0 aliphatic rings. The van der Waals surface area contributed by atoms with Gasteiger partial charge < -0.3 is 10.2 Å². The van der Waals surface area contributed by atoms with Crippen molar-refractivity contribution >= 4 is 28.4 Å². The third-order valence-corrected chi connectivity index (χ3v) is 5.75. The maximum atomic E-state index is 3.52. The van der Waals surface area contributed by atoms with Crippen LogP contribution in [-0.2, 0) is 5.41 Å². The molecule has 0 atom stereocenters. The molecule has 0 spiro atoms. The Morgan fingerprint density at radius 3 is 1.22 bits per heavy atom. The van der Waals surface area contributed by atoms with Gasteiger partial charge in [0.1, 0.15) is 0 Å². The highest BCUT2D eigenvalue weighted by molar-refractivity contribution is 5.78. The van der Waals surface area contributed by atoms with Gasteiger partial charge in [-0.1, -0.05) is 68.3 Å². The molecule has 0 amide bonds. The first kappa shape index (κ1) is 21.7. The smallest absolute Gasteiger partial charge is 0.0463 e. The zero-order valence-electron chi connectivity index (χ0n) is 19.7. The average molecular weight is 421 g/mol. The second-order valence-electron chi connectivity index (χ2n) is 9.51. The lowest BCUT2D eigenvalue weighted by Crippen LogP contribution is -2.10. The van der Waals surface area contributed by atoms with Crippen LogP contribution < -0.4 is 10.2 Å². The van der Waals surface area contributed by atoms with Gasteiger partial charge in [-0.2, -0.15) is 0 Å². The number of nitrogens with one attached hydrogen (secondary N) is 1. The molecule has 162 valence electrons. The molecule has 32 heavy (non-hydrogen) atoms. The summed E-state index contributed by atoms with van der Waals surface area (Å²) in [6.45, 7) is 11.0. The van der Waals surface area contributed by atoms with Gasteiger partial charge in [-0.05, 0) is 85.5 Å². The Labute approximate surface area is 192 Å². The van der Waals surface area contributed by atoms with E-state index in [-0.39, 0.29) is 5.41 Å². The molecule has 0 fully saturated rings. The molecule has 2 heteroatoms. The Morgan fingerprint density at radius 2 is 0.844 bits per heavy atom. The first-order valence-corrected chi connectivity index (χ1v) is 11.2. The summed E-state index contributed by atoms with van der Waals surface area (Å²) in [6.07, 6.45) is 0. The van der Waals surface area contributed by atoms with Crippen LogP contribution in [0.2, 0.25) is 0 Å². The molecule has 4 aromatic rings. The van der Waals surface area contributed by atoms with Gasteiger partial charge in [0, 0.05) is 28.4 Å². The molecule has 1 N–H and O–H groups in total. The third kappa shape index (κ3) is 5.03. The lowest BCUT2D eigenvalue weighted by molar-refractivity contribution is 0.590. The second-order valence-corrected chi connectivity index (χ2v) is 9.51. The van der Waals surface area contributed by atoms with Crippen molar-refractivity contribution in [2.24, 2.45) is 0 Å². The van der Waals surface area contributed by atoms with E-state index in [4.69, 9.17) is 0 Å². The molecular weight excluding hydrogens is 388 g/mol. The average Bonchev–Trinajstić information content (AvgIpc) is 2.77. The number of hydrogen-bond donors (Lipinski definition) is 1. The molecule has 0 saturated carbocycles. The van der Waals surface area contributed by atoms with Gasteiger partial charge in [-0.15, -0.1) is 0 Å². The number of benzene rings is 4. The minimum Gasteiger partial charge on any atom is -0.356 e. The zero-order chi connectivity index (χ0) is 22.7. The fraction of sp³-hybridized carbons (Fsp3) is 0.200. The summed E-state index contributed by atoms with van der Waals surface area (Å²) in [5.74, 6) is 0. The standard InChI is InChI=1S/C30H32N2/c1-22-6-16-27(17-7-22)32(28-18-8-23(2)9-19-28)29-20-14-26(15-21-29)31-25-12-10-24(11-13-25)30(3,4)5/h6-21,31H,1-5H3. The maximum Gasteiger partial charge on any atom is 0.0463 e. The Hall–Kier alpha value is -3.52. The van der Waals surface area contributed by atoms with Gasteiger partial charge in [0.05, 0.1) is 0 Å². The van der Waals surface area contributed by atoms with Crippen LogP contribution >= 0.6 is 0 Å². The zero-order valence-corrected chi connectivity index (χ0v) is 19.7. The van der Waals surface area contributed by atoms with Gasteiger partial charge in [-0.3, -0.25) is 0 Å². The fourth-order valence-electron chi connectivity index (χ4n) is 3.75. The molecule has 0 bridgehead atoms. The van der Waals surface area contributed by atoms with E-state index in [0.29, 0.717) is 0 Å². The summed E-state index contributed by atoms with van der Waals surface area (Å²) in [4.78, 5) is 2.29. The molecule has 2 nitrogen and oxygen atoms in total. The van der Waals surface area contributed by atoms with Crippen LogP contribution in [0.15, 0.2) is 97.1 Å². The summed E-state index contributed by atoms with van der Waals surface area (Å²) in [7, 11) is 0. The number of nitrogens with zero attached hydrogens (tertiary/aromatic N) is 1. The summed E-state index contributed by atoms with van der Waals surface area (Å²) in [5.41, 5.74) is 9.62. The van der Waals surface area contributed by atoms with Crippen LogP contribution in [0, 0.1) is 13.8 Å². The minimum atomic E-state index is 0.162. The normalized spacial score (nSPS) is 11.3. The Bertz CT molecular complexity index is 1100. The second kappa shape index (κ2) is 8.92. The maximum absolute atomic E-state index is 3.52. The minimum absolute atomic E-state index is 0.162. The lowest BCUT2D eigenvalue weighted by atomic mass is 9.87.